The molecule has 5 rings (SSSR count). The largest absolute Gasteiger partial charge is 0.377 e. The van der Waals surface area contributed by atoms with Crippen molar-refractivity contribution < 1.29 is 13.2 Å². The van der Waals surface area contributed by atoms with Gasteiger partial charge in [0.05, 0.1) is 6.10 Å². The standard InChI is InChI=1S/C23H36N8O3S/c1-3-28-18-23(24-19(28)2)35(32,33)31-14-12-30(13-15-31)22-7-6-21(25-26-22)29-10-8-27(9-11-29)17-20-5-4-16-34-20/h6-7,18,20H,3-5,8-17H2,1-2H3. The zero-order valence-corrected chi connectivity index (χ0v) is 21.5. The molecule has 1 unspecified atom stereocenters. The monoisotopic (exact) mass is 504 g/mol. The first kappa shape index (κ1) is 24.4. The number of hydrogen-bond acceptors (Lipinski definition) is 9. The molecule has 0 aliphatic carbocycles. The highest BCUT2D eigenvalue weighted by molar-refractivity contribution is 7.89. The van der Waals surface area contributed by atoms with Gasteiger partial charge in [-0.15, -0.1) is 10.2 Å². The Balaban J connectivity index is 1.13. The highest BCUT2D eigenvalue weighted by Crippen LogP contribution is 2.22. The molecule has 5 heterocycles. The molecule has 0 amide bonds. The van der Waals surface area contributed by atoms with Crippen LogP contribution in [0.1, 0.15) is 25.6 Å². The number of ether oxygens (including phenoxy) is 1. The minimum Gasteiger partial charge on any atom is -0.377 e. The Labute approximate surface area is 207 Å². The minimum absolute atomic E-state index is 0.130. The van der Waals surface area contributed by atoms with E-state index in [9.17, 15) is 8.42 Å². The Morgan fingerprint density at radius 3 is 2.11 bits per heavy atom. The van der Waals surface area contributed by atoms with Crippen molar-refractivity contribution in [3.63, 3.8) is 0 Å². The Bertz CT molecular complexity index is 1080. The van der Waals surface area contributed by atoms with Crippen molar-refractivity contribution in [1.82, 2.24) is 29.0 Å². The van der Waals surface area contributed by atoms with Crippen LogP contribution in [0, 0.1) is 6.92 Å². The molecule has 35 heavy (non-hydrogen) atoms. The van der Waals surface area contributed by atoms with Gasteiger partial charge in [-0.2, -0.15) is 4.31 Å². The maximum atomic E-state index is 13.0. The SMILES string of the molecule is CCn1cc(S(=O)(=O)N2CCN(c3ccc(N4CCN(CC5CCCO5)CC4)nn3)CC2)nc1C. The topological polar surface area (TPSA) is 99.9 Å². The lowest BCUT2D eigenvalue weighted by Crippen LogP contribution is -2.49. The van der Waals surface area contributed by atoms with Gasteiger partial charge < -0.3 is 19.1 Å². The fourth-order valence-corrected chi connectivity index (χ4v) is 6.52. The summed E-state index contributed by atoms with van der Waals surface area (Å²) < 4.78 is 35.2. The first-order chi connectivity index (χ1) is 16.9. The molecule has 1 atom stereocenters. The molecule has 2 aromatic rings. The summed E-state index contributed by atoms with van der Waals surface area (Å²) in [4.78, 5) is 11.1. The van der Waals surface area contributed by atoms with Crippen LogP contribution in [-0.2, 0) is 21.3 Å². The van der Waals surface area contributed by atoms with Crippen molar-refractivity contribution in [1.29, 1.82) is 0 Å². The average molecular weight is 505 g/mol. The predicted octanol–water partition coefficient (Wildman–Crippen LogP) is 0.813. The quantitative estimate of drug-likeness (QED) is 0.542. The molecule has 192 valence electrons. The van der Waals surface area contributed by atoms with Gasteiger partial charge in [0.2, 0.25) is 0 Å². The Kier molecular flexibility index (Phi) is 7.24. The molecule has 0 N–H and O–H groups in total. The fraction of sp³-hybridized carbons (Fsp3) is 0.696. The molecular formula is C23H36N8O3S. The highest BCUT2D eigenvalue weighted by Gasteiger charge is 2.31. The minimum atomic E-state index is -3.59. The number of aromatic nitrogens is 4. The second-order valence-electron chi connectivity index (χ2n) is 9.48. The molecule has 3 aliphatic rings. The maximum Gasteiger partial charge on any atom is 0.262 e. The van der Waals surface area contributed by atoms with Crippen molar-refractivity contribution >= 4 is 21.7 Å². The normalized spacial score (nSPS) is 22.7. The molecule has 3 aliphatic heterocycles. The summed E-state index contributed by atoms with van der Waals surface area (Å²) in [5, 5.41) is 9.09. The molecule has 0 aromatic carbocycles. The summed E-state index contributed by atoms with van der Waals surface area (Å²) >= 11 is 0. The molecule has 0 saturated carbocycles. The highest BCUT2D eigenvalue weighted by atomic mass is 32.2. The van der Waals surface area contributed by atoms with Gasteiger partial charge in [0, 0.05) is 78.3 Å². The third-order valence-corrected chi connectivity index (χ3v) is 9.05. The second kappa shape index (κ2) is 10.4. The van der Waals surface area contributed by atoms with Crippen molar-refractivity contribution in [3.05, 3.63) is 24.2 Å². The Hall–Kier alpha value is -2.28. The summed E-state index contributed by atoms with van der Waals surface area (Å²) in [7, 11) is -3.59. The van der Waals surface area contributed by atoms with Gasteiger partial charge in [-0.3, -0.25) is 4.90 Å². The molecule has 3 saturated heterocycles. The van der Waals surface area contributed by atoms with Gasteiger partial charge in [-0.1, -0.05) is 0 Å². The number of piperazine rings is 2. The van der Waals surface area contributed by atoms with E-state index in [1.54, 1.807) is 6.20 Å². The van der Waals surface area contributed by atoms with E-state index in [1.807, 2.05) is 30.5 Å². The van der Waals surface area contributed by atoms with E-state index in [-0.39, 0.29) is 5.03 Å². The first-order valence-corrected chi connectivity index (χ1v) is 14.1. The average Bonchev–Trinajstić information content (AvgIpc) is 3.54. The zero-order valence-electron chi connectivity index (χ0n) is 20.7. The van der Waals surface area contributed by atoms with Crippen LogP contribution < -0.4 is 9.80 Å². The van der Waals surface area contributed by atoms with Crippen LogP contribution in [-0.4, -0.2) is 109 Å². The van der Waals surface area contributed by atoms with Crippen LogP contribution in [0.2, 0.25) is 0 Å². The number of aryl methyl sites for hydroxylation is 2. The van der Waals surface area contributed by atoms with E-state index in [0.29, 0.717) is 44.7 Å². The van der Waals surface area contributed by atoms with Gasteiger partial charge in [-0.25, -0.2) is 13.4 Å². The van der Waals surface area contributed by atoms with Crippen LogP contribution in [0.5, 0.6) is 0 Å². The van der Waals surface area contributed by atoms with Crippen LogP contribution >= 0.6 is 0 Å². The molecule has 0 spiro atoms. The third-order valence-electron chi connectivity index (χ3n) is 7.28. The lowest BCUT2D eigenvalue weighted by atomic mass is 10.2. The summed E-state index contributed by atoms with van der Waals surface area (Å²) in [6, 6.07) is 4.03. The number of anilines is 2. The van der Waals surface area contributed by atoms with Crippen molar-refractivity contribution in [2.75, 3.05) is 75.3 Å². The maximum absolute atomic E-state index is 13.0. The van der Waals surface area contributed by atoms with Gasteiger partial charge in [0.15, 0.2) is 16.7 Å². The number of nitrogens with zero attached hydrogens (tertiary/aromatic N) is 8. The van der Waals surface area contributed by atoms with E-state index in [1.165, 1.54) is 17.1 Å². The summed E-state index contributed by atoms with van der Waals surface area (Å²) in [5.41, 5.74) is 0. The van der Waals surface area contributed by atoms with Gasteiger partial charge in [0.1, 0.15) is 5.82 Å². The number of imidazole rings is 1. The van der Waals surface area contributed by atoms with Gasteiger partial charge in [0.25, 0.3) is 10.0 Å². The van der Waals surface area contributed by atoms with E-state index in [0.717, 1.165) is 51.0 Å². The number of sulfonamides is 1. The molecule has 12 heteroatoms. The summed E-state index contributed by atoms with van der Waals surface area (Å²) in [5.74, 6) is 2.40. The van der Waals surface area contributed by atoms with E-state index in [4.69, 9.17) is 4.74 Å². The van der Waals surface area contributed by atoms with Crippen molar-refractivity contribution in [3.8, 4) is 0 Å². The number of hydrogen-bond donors (Lipinski definition) is 0. The predicted molar refractivity (Wildman–Crippen MR) is 133 cm³/mol. The lowest BCUT2D eigenvalue weighted by molar-refractivity contribution is 0.0712. The Morgan fingerprint density at radius 2 is 1.60 bits per heavy atom. The molecule has 0 bridgehead atoms. The summed E-state index contributed by atoms with van der Waals surface area (Å²) in [6.07, 6.45) is 4.38. The van der Waals surface area contributed by atoms with Crippen LogP contribution in [0.3, 0.4) is 0 Å². The van der Waals surface area contributed by atoms with Crippen LogP contribution in [0.4, 0.5) is 11.6 Å². The molecule has 3 fully saturated rings. The van der Waals surface area contributed by atoms with E-state index < -0.39 is 10.0 Å². The fourth-order valence-electron chi connectivity index (χ4n) is 5.10. The molecule has 11 nitrogen and oxygen atoms in total. The van der Waals surface area contributed by atoms with Crippen molar-refractivity contribution in [2.45, 2.75) is 44.4 Å². The smallest absolute Gasteiger partial charge is 0.262 e. The van der Waals surface area contributed by atoms with Gasteiger partial charge in [-0.05, 0) is 38.8 Å². The number of rotatable bonds is 7. The van der Waals surface area contributed by atoms with Gasteiger partial charge >= 0.3 is 0 Å². The Morgan fingerprint density at radius 1 is 0.971 bits per heavy atom. The van der Waals surface area contributed by atoms with Crippen molar-refractivity contribution in [2.24, 2.45) is 0 Å². The van der Waals surface area contributed by atoms with Crippen LogP contribution in [0.25, 0.3) is 0 Å². The second-order valence-corrected chi connectivity index (χ2v) is 11.4. The first-order valence-electron chi connectivity index (χ1n) is 12.7. The van der Waals surface area contributed by atoms with E-state index >= 15 is 0 Å². The molecule has 2 aromatic heterocycles. The lowest BCUT2D eigenvalue weighted by Gasteiger charge is -2.36. The molecule has 0 radical (unpaired) electrons. The van der Waals surface area contributed by atoms with E-state index in [2.05, 4.69) is 29.9 Å². The molecular weight excluding hydrogens is 468 g/mol. The zero-order chi connectivity index (χ0) is 24.4. The summed E-state index contributed by atoms with van der Waals surface area (Å²) in [6.45, 7) is 12.3. The third kappa shape index (κ3) is 5.30. The van der Waals surface area contributed by atoms with Crippen LogP contribution in [0.15, 0.2) is 23.4 Å².